The molecule has 3 N–H and O–H groups in total. The number of piperazine rings is 1. The lowest BCUT2D eigenvalue weighted by molar-refractivity contribution is -0.136. The molecule has 6 nitrogen and oxygen atoms in total. The van der Waals surface area contributed by atoms with Crippen LogP contribution in [0.3, 0.4) is 0 Å². The number of carbonyl (C=O) groups excluding carboxylic acids is 2. The van der Waals surface area contributed by atoms with Gasteiger partial charge in [-0.1, -0.05) is 18.2 Å². The maximum atomic E-state index is 11.6. The van der Waals surface area contributed by atoms with Gasteiger partial charge in [0.05, 0.1) is 17.7 Å². The van der Waals surface area contributed by atoms with E-state index in [4.69, 9.17) is 0 Å². The minimum Gasteiger partial charge on any atom is -0.349 e. The summed E-state index contributed by atoms with van der Waals surface area (Å²) in [6.45, 7) is 2.15. The van der Waals surface area contributed by atoms with Gasteiger partial charge in [0, 0.05) is 36.0 Å². The zero-order valence-electron chi connectivity index (χ0n) is 14.1. The second-order valence-electron chi connectivity index (χ2n) is 7.33. The van der Waals surface area contributed by atoms with Crippen LogP contribution in [0.1, 0.15) is 11.1 Å². The Morgan fingerprint density at radius 3 is 2.81 bits per heavy atom. The standard InChI is InChI=1S/C19H19BrN4O2/c20-19-13-5-15-12(11-2-1-3-14(22-19)18(11)13)4-10(6-21-15)7-24-8-16(25)23-17(26)9-24/h1-4,10,15,21-22H,5-9H2,(H,23,25,26)/t10?,15-/m1/s1. The number of rotatable bonds is 2. The van der Waals surface area contributed by atoms with E-state index in [0.29, 0.717) is 25.7 Å². The van der Waals surface area contributed by atoms with E-state index < -0.39 is 0 Å². The van der Waals surface area contributed by atoms with E-state index in [1.54, 1.807) is 0 Å². The number of aromatic amines is 1. The van der Waals surface area contributed by atoms with E-state index in [2.05, 4.69) is 55.8 Å². The molecule has 2 atom stereocenters. The Morgan fingerprint density at radius 1 is 1.19 bits per heavy atom. The number of nitrogens with zero attached hydrogens (tertiary/aromatic N) is 1. The van der Waals surface area contributed by atoms with Crippen LogP contribution in [0.5, 0.6) is 0 Å². The minimum atomic E-state index is -0.209. The SMILES string of the molecule is O=C1CN(CC2C=C3c4cccc5[nH]c(Br)c(c45)C[C@H]3NC2)CC(=O)N1. The van der Waals surface area contributed by atoms with Crippen molar-refractivity contribution in [3.63, 3.8) is 0 Å². The lowest BCUT2D eigenvalue weighted by Crippen LogP contribution is -2.53. The average Bonchev–Trinajstić information content (AvgIpc) is 2.91. The fraction of sp³-hybridized carbons (Fsp3) is 0.368. The van der Waals surface area contributed by atoms with E-state index >= 15 is 0 Å². The van der Waals surface area contributed by atoms with Gasteiger partial charge in [0.25, 0.3) is 0 Å². The van der Waals surface area contributed by atoms with Crippen LogP contribution < -0.4 is 10.6 Å². The number of aromatic nitrogens is 1. The molecule has 7 heteroatoms. The first-order chi connectivity index (χ1) is 12.6. The number of nitrogens with one attached hydrogen (secondary N) is 3. The molecule has 1 fully saturated rings. The third-order valence-electron chi connectivity index (χ3n) is 5.52. The Hall–Kier alpha value is -1.96. The minimum absolute atomic E-state index is 0.209. The third-order valence-corrected chi connectivity index (χ3v) is 6.19. The maximum Gasteiger partial charge on any atom is 0.240 e. The molecule has 0 spiro atoms. The maximum absolute atomic E-state index is 11.6. The van der Waals surface area contributed by atoms with Crippen LogP contribution in [-0.4, -0.2) is 53.9 Å². The Morgan fingerprint density at radius 2 is 2.00 bits per heavy atom. The number of halogens is 1. The number of amides is 2. The summed E-state index contributed by atoms with van der Waals surface area (Å²) in [5.74, 6) is -0.140. The van der Waals surface area contributed by atoms with E-state index in [9.17, 15) is 9.59 Å². The molecule has 5 rings (SSSR count). The quantitative estimate of drug-likeness (QED) is 0.649. The predicted octanol–water partition coefficient (Wildman–Crippen LogP) is 1.42. The van der Waals surface area contributed by atoms with Crippen LogP contribution in [0, 0.1) is 5.92 Å². The highest BCUT2D eigenvalue weighted by Crippen LogP contribution is 2.41. The predicted molar refractivity (Wildman–Crippen MR) is 103 cm³/mol. The van der Waals surface area contributed by atoms with Crippen molar-refractivity contribution in [2.45, 2.75) is 12.5 Å². The molecule has 0 bridgehead atoms. The molecule has 134 valence electrons. The molecule has 26 heavy (non-hydrogen) atoms. The van der Waals surface area contributed by atoms with Gasteiger partial charge < -0.3 is 10.3 Å². The summed E-state index contributed by atoms with van der Waals surface area (Å²) < 4.78 is 1.07. The molecule has 1 saturated heterocycles. The lowest BCUT2D eigenvalue weighted by atomic mass is 9.81. The van der Waals surface area contributed by atoms with Gasteiger partial charge in [0.1, 0.15) is 0 Å². The van der Waals surface area contributed by atoms with Crippen LogP contribution >= 0.6 is 15.9 Å². The summed E-state index contributed by atoms with van der Waals surface area (Å²) in [7, 11) is 0. The molecule has 2 aliphatic heterocycles. The second-order valence-corrected chi connectivity index (χ2v) is 8.13. The third kappa shape index (κ3) is 2.62. The van der Waals surface area contributed by atoms with Gasteiger partial charge >= 0.3 is 0 Å². The van der Waals surface area contributed by atoms with Crippen molar-refractivity contribution < 1.29 is 9.59 Å². The summed E-state index contributed by atoms with van der Waals surface area (Å²) in [5, 5.41) is 7.33. The molecule has 3 aliphatic rings. The highest BCUT2D eigenvalue weighted by atomic mass is 79.9. The monoisotopic (exact) mass is 414 g/mol. The van der Waals surface area contributed by atoms with Gasteiger partial charge in [0.15, 0.2) is 0 Å². The largest absolute Gasteiger partial charge is 0.349 e. The molecule has 0 saturated carbocycles. The molecule has 2 amide bonds. The van der Waals surface area contributed by atoms with E-state index in [1.807, 2.05) is 4.90 Å². The number of H-pyrrole nitrogens is 1. The van der Waals surface area contributed by atoms with E-state index in [0.717, 1.165) is 23.1 Å². The van der Waals surface area contributed by atoms with Crippen molar-refractivity contribution in [3.8, 4) is 0 Å². The van der Waals surface area contributed by atoms with E-state index in [1.165, 1.54) is 22.1 Å². The Kier molecular flexibility index (Phi) is 3.77. The fourth-order valence-corrected chi connectivity index (χ4v) is 5.06. The molecule has 0 radical (unpaired) electrons. The lowest BCUT2D eigenvalue weighted by Gasteiger charge is -2.36. The molecule has 1 aromatic carbocycles. The number of hydrogen-bond acceptors (Lipinski definition) is 4. The van der Waals surface area contributed by atoms with Crippen LogP contribution in [0.4, 0.5) is 0 Å². The van der Waals surface area contributed by atoms with Gasteiger partial charge in [-0.15, -0.1) is 0 Å². The van der Waals surface area contributed by atoms with Crippen LogP contribution in [0.25, 0.3) is 16.5 Å². The second kappa shape index (κ2) is 6.04. The van der Waals surface area contributed by atoms with Gasteiger partial charge in [0.2, 0.25) is 11.8 Å². The molecule has 1 aliphatic carbocycles. The molecular formula is C19H19BrN4O2. The number of hydrogen-bond donors (Lipinski definition) is 3. The van der Waals surface area contributed by atoms with Gasteiger partial charge in [-0.3, -0.25) is 19.8 Å². The molecule has 3 heterocycles. The normalized spacial score (nSPS) is 25.8. The van der Waals surface area contributed by atoms with Crippen LogP contribution in [-0.2, 0) is 16.0 Å². The van der Waals surface area contributed by atoms with Crippen molar-refractivity contribution in [2.75, 3.05) is 26.2 Å². The Bertz CT molecular complexity index is 948. The first-order valence-electron chi connectivity index (χ1n) is 8.88. The highest BCUT2D eigenvalue weighted by molar-refractivity contribution is 9.10. The summed E-state index contributed by atoms with van der Waals surface area (Å²) in [6.07, 6.45) is 3.30. The van der Waals surface area contributed by atoms with Gasteiger partial charge in [-0.25, -0.2) is 0 Å². The number of carbonyl (C=O) groups is 2. The van der Waals surface area contributed by atoms with E-state index in [-0.39, 0.29) is 17.7 Å². The zero-order valence-corrected chi connectivity index (χ0v) is 15.7. The Labute approximate surface area is 159 Å². The molecule has 2 aromatic rings. The molecular weight excluding hydrogens is 396 g/mol. The first-order valence-corrected chi connectivity index (χ1v) is 9.67. The van der Waals surface area contributed by atoms with Crippen molar-refractivity contribution in [3.05, 3.63) is 40.0 Å². The van der Waals surface area contributed by atoms with Crippen LogP contribution in [0.2, 0.25) is 0 Å². The summed E-state index contributed by atoms with van der Waals surface area (Å²) >= 11 is 3.66. The average molecular weight is 415 g/mol. The Balaban J connectivity index is 1.47. The summed E-state index contributed by atoms with van der Waals surface area (Å²) in [5.41, 5.74) is 5.10. The van der Waals surface area contributed by atoms with Crippen molar-refractivity contribution in [2.24, 2.45) is 5.92 Å². The smallest absolute Gasteiger partial charge is 0.240 e. The van der Waals surface area contributed by atoms with Gasteiger partial charge in [-0.2, -0.15) is 0 Å². The molecule has 1 aromatic heterocycles. The van der Waals surface area contributed by atoms with Crippen molar-refractivity contribution in [1.29, 1.82) is 0 Å². The summed E-state index contributed by atoms with van der Waals surface area (Å²) in [4.78, 5) is 28.6. The number of fused-ring (bicyclic) bond motifs is 2. The van der Waals surface area contributed by atoms with Crippen molar-refractivity contribution >= 4 is 44.2 Å². The van der Waals surface area contributed by atoms with Crippen molar-refractivity contribution in [1.82, 2.24) is 20.5 Å². The van der Waals surface area contributed by atoms with Crippen LogP contribution in [0.15, 0.2) is 28.9 Å². The summed E-state index contributed by atoms with van der Waals surface area (Å²) in [6, 6.07) is 6.69. The topological polar surface area (TPSA) is 77.2 Å². The van der Waals surface area contributed by atoms with Gasteiger partial charge in [-0.05, 0) is 45.1 Å². The number of benzene rings is 1. The highest BCUT2D eigenvalue weighted by Gasteiger charge is 2.32. The number of imide groups is 1. The molecule has 1 unspecified atom stereocenters. The fourth-order valence-electron chi connectivity index (χ4n) is 4.49. The first kappa shape index (κ1) is 16.2. The zero-order chi connectivity index (χ0) is 17.8.